The molecule has 0 bridgehead atoms. The summed E-state index contributed by atoms with van der Waals surface area (Å²) < 4.78 is 0. The van der Waals surface area contributed by atoms with E-state index in [2.05, 4.69) is 9.97 Å². The van der Waals surface area contributed by atoms with Crippen LogP contribution in [0.1, 0.15) is 10.4 Å². The van der Waals surface area contributed by atoms with E-state index in [0.29, 0.717) is 5.56 Å². The van der Waals surface area contributed by atoms with Crippen molar-refractivity contribution >= 4 is 16.8 Å². The molecule has 13 heavy (non-hydrogen) atoms. The largest absolute Gasteiger partial charge is 0.345 e. The molecule has 0 atom stereocenters. The molecule has 2 rings (SSSR count). The molecular weight excluding hydrogens is 166 g/mol. The van der Waals surface area contributed by atoms with Crippen molar-refractivity contribution in [3.8, 4) is 6.07 Å². The van der Waals surface area contributed by atoms with E-state index in [1.54, 1.807) is 30.6 Å². The van der Waals surface area contributed by atoms with E-state index < -0.39 is 5.78 Å². The van der Waals surface area contributed by atoms with Crippen LogP contribution in [0.4, 0.5) is 0 Å². The van der Waals surface area contributed by atoms with Gasteiger partial charge in [-0.2, -0.15) is 5.26 Å². The summed E-state index contributed by atoms with van der Waals surface area (Å²) in [4.78, 5) is 17.8. The van der Waals surface area contributed by atoms with E-state index in [1.807, 2.05) is 0 Å². The second-order valence-electron chi connectivity index (χ2n) is 2.58. The number of hydrogen-bond donors (Lipinski definition) is 1. The molecular formula is C9H5N3O. The van der Waals surface area contributed by atoms with Crippen LogP contribution in [0.15, 0.2) is 24.5 Å². The van der Waals surface area contributed by atoms with E-state index in [-0.39, 0.29) is 0 Å². The maximum Gasteiger partial charge on any atom is 0.262 e. The molecule has 0 unspecified atom stereocenters. The predicted octanol–water partition coefficient (Wildman–Crippen LogP) is 1.27. The zero-order chi connectivity index (χ0) is 9.26. The van der Waals surface area contributed by atoms with Gasteiger partial charge in [0.25, 0.3) is 5.78 Å². The fraction of sp³-hybridized carbons (Fsp3) is 0. The van der Waals surface area contributed by atoms with Crippen molar-refractivity contribution < 1.29 is 4.79 Å². The molecule has 1 N–H and O–H groups in total. The highest BCUT2D eigenvalue weighted by Gasteiger charge is 2.05. The number of aromatic nitrogens is 2. The fourth-order valence-electron chi connectivity index (χ4n) is 1.14. The van der Waals surface area contributed by atoms with Crippen LogP contribution < -0.4 is 0 Å². The predicted molar refractivity (Wildman–Crippen MR) is 46.0 cm³/mol. The number of H-pyrrole nitrogens is 1. The van der Waals surface area contributed by atoms with Crippen LogP contribution in [0.2, 0.25) is 0 Å². The number of nitriles is 1. The molecule has 4 nitrogen and oxygen atoms in total. The summed E-state index contributed by atoms with van der Waals surface area (Å²) in [5.41, 5.74) is 1.94. The Morgan fingerprint density at radius 1 is 1.54 bits per heavy atom. The van der Waals surface area contributed by atoms with Gasteiger partial charge in [-0.1, -0.05) is 0 Å². The monoisotopic (exact) mass is 171 g/mol. The molecule has 0 fully saturated rings. The van der Waals surface area contributed by atoms with Gasteiger partial charge < -0.3 is 4.98 Å². The van der Waals surface area contributed by atoms with E-state index >= 15 is 0 Å². The number of benzene rings is 1. The van der Waals surface area contributed by atoms with Gasteiger partial charge in [0.05, 0.1) is 17.4 Å². The van der Waals surface area contributed by atoms with Crippen LogP contribution in [-0.2, 0) is 0 Å². The van der Waals surface area contributed by atoms with Gasteiger partial charge in [-0.15, -0.1) is 0 Å². The summed E-state index contributed by atoms with van der Waals surface area (Å²) in [6.45, 7) is 0. The van der Waals surface area contributed by atoms with Crippen LogP contribution in [0.25, 0.3) is 11.0 Å². The quantitative estimate of drug-likeness (QED) is 0.518. The van der Waals surface area contributed by atoms with Crippen LogP contribution in [0.5, 0.6) is 0 Å². The van der Waals surface area contributed by atoms with Crippen molar-refractivity contribution in [1.29, 1.82) is 5.26 Å². The number of hydrogen-bond acceptors (Lipinski definition) is 3. The van der Waals surface area contributed by atoms with Crippen LogP contribution >= 0.6 is 0 Å². The zero-order valence-electron chi connectivity index (χ0n) is 6.61. The number of aromatic amines is 1. The Balaban J connectivity index is 2.62. The molecule has 4 heteroatoms. The SMILES string of the molecule is N#CC(=O)c1ccc2nc[nH]c2c1. The summed E-state index contributed by atoms with van der Waals surface area (Å²) in [5.74, 6) is -0.531. The first kappa shape index (κ1) is 7.50. The topological polar surface area (TPSA) is 69.5 Å². The van der Waals surface area contributed by atoms with Crippen LogP contribution in [0, 0.1) is 11.3 Å². The van der Waals surface area contributed by atoms with Crippen LogP contribution in [-0.4, -0.2) is 15.8 Å². The molecule has 62 valence electrons. The number of carbonyl (C=O) groups excluding carboxylic acids is 1. The molecule has 1 aromatic carbocycles. The first-order valence-corrected chi connectivity index (χ1v) is 3.69. The van der Waals surface area contributed by atoms with Crippen molar-refractivity contribution in [3.05, 3.63) is 30.1 Å². The van der Waals surface area contributed by atoms with Gasteiger partial charge in [0, 0.05) is 5.56 Å². The van der Waals surface area contributed by atoms with Crippen molar-refractivity contribution in [2.75, 3.05) is 0 Å². The summed E-state index contributed by atoms with van der Waals surface area (Å²) in [6.07, 6.45) is 1.55. The number of Topliss-reactive ketones (excluding diaryl/α,β-unsaturated/α-hetero) is 1. The van der Waals surface area contributed by atoms with Gasteiger partial charge in [-0.25, -0.2) is 4.98 Å². The Labute approximate surface area is 73.8 Å². The van der Waals surface area contributed by atoms with Gasteiger partial charge in [0.2, 0.25) is 0 Å². The summed E-state index contributed by atoms with van der Waals surface area (Å²) in [7, 11) is 0. The Bertz CT molecular complexity index is 507. The average Bonchev–Trinajstić information content (AvgIpc) is 2.63. The molecule has 0 aliphatic rings. The molecule has 0 saturated carbocycles. The minimum absolute atomic E-state index is 0.388. The lowest BCUT2D eigenvalue weighted by Gasteiger charge is -1.91. The third-order valence-corrected chi connectivity index (χ3v) is 1.78. The minimum atomic E-state index is -0.531. The minimum Gasteiger partial charge on any atom is -0.345 e. The molecule has 2 aromatic rings. The number of fused-ring (bicyclic) bond motifs is 1. The Kier molecular flexibility index (Phi) is 1.57. The van der Waals surface area contributed by atoms with Crippen molar-refractivity contribution in [2.24, 2.45) is 0 Å². The lowest BCUT2D eigenvalue weighted by Crippen LogP contribution is -1.93. The summed E-state index contributed by atoms with van der Waals surface area (Å²) in [6, 6.07) is 6.48. The maximum atomic E-state index is 11.0. The molecule has 0 spiro atoms. The van der Waals surface area contributed by atoms with E-state index in [1.165, 1.54) is 0 Å². The molecule has 0 saturated heterocycles. The second-order valence-corrected chi connectivity index (χ2v) is 2.58. The second kappa shape index (κ2) is 2.72. The zero-order valence-corrected chi connectivity index (χ0v) is 6.61. The highest BCUT2D eigenvalue weighted by atomic mass is 16.1. The van der Waals surface area contributed by atoms with Crippen molar-refractivity contribution in [3.63, 3.8) is 0 Å². The van der Waals surface area contributed by atoms with Gasteiger partial charge in [0.15, 0.2) is 0 Å². The molecule has 0 radical (unpaired) electrons. The number of imidazole rings is 1. The van der Waals surface area contributed by atoms with Gasteiger partial charge in [-0.05, 0) is 18.2 Å². The third-order valence-electron chi connectivity index (χ3n) is 1.78. The van der Waals surface area contributed by atoms with Gasteiger partial charge >= 0.3 is 0 Å². The standard InChI is InChI=1S/C9H5N3O/c10-4-9(13)6-1-2-7-8(3-6)12-5-11-7/h1-3,5H,(H,11,12). The Morgan fingerprint density at radius 2 is 2.38 bits per heavy atom. The van der Waals surface area contributed by atoms with Crippen molar-refractivity contribution in [2.45, 2.75) is 0 Å². The fourth-order valence-corrected chi connectivity index (χ4v) is 1.14. The molecule has 0 aliphatic carbocycles. The third kappa shape index (κ3) is 1.16. The average molecular weight is 171 g/mol. The highest BCUT2D eigenvalue weighted by molar-refractivity contribution is 6.08. The maximum absolute atomic E-state index is 11.0. The highest BCUT2D eigenvalue weighted by Crippen LogP contribution is 2.11. The smallest absolute Gasteiger partial charge is 0.262 e. The number of ketones is 1. The Morgan fingerprint density at radius 3 is 3.15 bits per heavy atom. The van der Waals surface area contributed by atoms with E-state index in [4.69, 9.17) is 5.26 Å². The molecule has 1 aromatic heterocycles. The Hall–Kier alpha value is -2.15. The summed E-state index contributed by atoms with van der Waals surface area (Å²) >= 11 is 0. The van der Waals surface area contributed by atoms with Crippen LogP contribution in [0.3, 0.4) is 0 Å². The van der Waals surface area contributed by atoms with Crippen molar-refractivity contribution in [1.82, 2.24) is 9.97 Å². The van der Waals surface area contributed by atoms with E-state index in [9.17, 15) is 4.79 Å². The number of nitrogens with one attached hydrogen (secondary N) is 1. The first-order valence-electron chi connectivity index (χ1n) is 3.69. The van der Waals surface area contributed by atoms with E-state index in [0.717, 1.165) is 11.0 Å². The summed E-state index contributed by atoms with van der Waals surface area (Å²) in [5, 5.41) is 8.39. The molecule has 0 amide bonds. The number of rotatable bonds is 1. The lowest BCUT2D eigenvalue weighted by molar-refractivity contribution is 0.105. The van der Waals surface area contributed by atoms with Gasteiger partial charge in [0.1, 0.15) is 6.07 Å². The van der Waals surface area contributed by atoms with Gasteiger partial charge in [-0.3, -0.25) is 4.79 Å². The normalized spacial score (nSPS) is 9.77. The molecule has 1 heterocycles. The first-order chi connectivity index (χ1) is 6.31. The number of carbonyl (C=O) groups is 1. The lowest BCUT2D eigenvalue weighted by atomic mass is 10.1. The molecule has 0 aliphatic heterocycles. The number of nitrogens with zero attached hydrogens (tertiary/aromatic N) is 2.